The summed E-state index contributed by atoms with van der Waals surface area (Å²) in [7, 11) is 0. The molecule has 0 amide bonds. The minimum Gasteiger partial charge on any atom is -0.489 e. The third kappa shape index (κ3) is 2.54. The summed E-state index contributed by atoms with van der Waals surface area (Å²) < 4.78 is 11.1. The van der Waals surface area contributed by atoms with Gasteiger partial charge in [-0.05, 0) is 5.56 Å². The standard InChI is InChI=1S/C17H16O5.H2O/c18-11-7-13(9-4-2-1-3-5-9)21-14-8-12(19)17-10(16(11)14)6-15(20)22-17;/h1-5,10,12-13,17,19H,6-8H2;1H2/t10-,12+,13+,17-;/m1./s1. The molecule has 1 fully saturated rings. The molecule has 1 aliphatic carbocycles. The van der Waals surface area contributed by atoms with Gasteiger partial charge in [-0.3, -0.25) is 9.59 Å². The SMILES string of the molecule is O.O=C1C[C@@H]2C3=C(C[C@H](O)[C@@H]2O1)O[C@H](c1ccccc1)CC3=O. The van der Waals surface area contributed by atoms with Crippen LogP contribution in [0.4, 0.5) is 0 Å². The Labute approximate surface area is 133 Å². The molecular formula is C17H18O6. The third-order valence-electron chi connectivity index (χ3n) is 4.62. The molecule has 2 aliphatic heterocycles. The largest absolute Gasteiger partial charge is 0.489 e. The summed E-state index contributed by atoms with van der Waals surface area (Å²) in [6.07, 6.45) is -1.11. The van der Waals surface area contributed by atoms with Crippen LogP contribution in [0, 0.1) is 5.92 Å². The quantitative estimate of drug-likeness (QED) is 0.773. The summed E-state index contributed by atoms with van der Waals surface area (Å²) >= 11 is 0. The van der Waals surface area contributed by atoms with Gasteiger partial charge in [0.15, 0.2) is 5.78 Å². The minimum absolute atomic E-state index is 0. The van der Waals surface area contributed by atoms with Gasteiger partial charge in [-0.15, -0.1) is 0 Å². The van der Waals surface area contributed by atoms with Crippen LogP contribution >= 0.6 is 0 Å². The van der Waals surface area contributed by atoms with Crippen molar-refractivity contribution in [2.45, 2.75) is 37.6 Å². The first-order valence-electron chi connectivity index (χ1n) is 7.49. The summed E-state index contributed by atoms with van der Waals surface area (Å²) in [6.45, 7) is 0. The fourth-order valence-electron chi connectivity index (χ4n) is 3.63. The maximum absolute atomic E-state index is 12.6. The Balaban J connectivity index is 0.00000156. The molecule has 23 heavy (non-hydrogen) atoms. The van der Waals surface area contributed by atoms with Gasteiger partial charge in [-0.1, -0.05) is 30.3 Å². The van der Waals surface area contributed by atoms with Crippen LogP contribution in [0.15, 0.2) is 41.7 Å². The molecule has 0 unspecified atom stereocenters. The maximum Gasteiger partial charge on any atom is 0.306 e. The highest BCUT2D eigenvalue weighted by Crippen LogP contribution is 2.45. The number of Topliss-reactive ketones (excluding diaryl/α,β-unsaturated/α-hetero) is 1. The molecule has 3 aliphatic rings. The lowest BCUT2D eigenvalue weighted by molar-refractivity contribution is -0.147. The van der Waals surface area contributed by atoms with E-state index in [9.17, 15) is 14.7 Å². The number of carbonyl (C=O) groups is 2. The van der Waals surface area contributed by atoms with Crippen molar-refractivity contribution in [2.24, 2.45) is 5.92 Å². The Morgan fingerprint density at radius 2 is 1.74 bits per heavy atom. The van der Waals surface area contributed by atoms with Gasteiger partial charge in [0.25, 0.3) is 0 Å². The van der Waals surface area contributed by atoms with Gasteiger partial charge in [0.1, 0.15) is 18.0 Å². The van der Waals surface area contributed by atoms with E-state index in [2.05, 4.69) is 0 Å². The van der Waals surface area contributed by atoms with E-state index in [1.54, 1.807) is 0 Å². The summed E-state index contributed by atoms with van der Waals surface area (Å²) in [5.74, 6) is -0.205. The third-order valence-corrected chi connectivity index (χ3v) is 4.62. The first kappa shape index (κ1) is 15.7. The summed E-state index contributed by atoms with van der Waals surface area (Å²) in [5, 5.41) is 10.2. The lowest BCUT2D eigenvalue weighted by Gasteiger charge is -2.37. The zero-order valence-corrected chi connectivity index (χ0v) is 12.4. The Hall–Kier alpha value is -2.18. The average molecular weight is 318 g/mol. The van der Waals surface area contributed by atoms with Crippen molar-refractivity contribution in [3.63, 3.8) is 0 Å². The van der Waals surface area contributed by atoms with Gasteiger partial charge >= 0.3 is 5.97 Å². The van der Waals surface area contributed by atoms with E-state index in [0.29, 0.717) is 11.3 Å². The molecule has 122 valence electrons. The van der Waals surface area contributed by atoms with Crippen molar-refractivity contribution in [3.8, 4) is 0 Å². The van der Waals surface area contributed by atoms with Crippen molar-refractivity contribution < 1.29 is 29.6 Å². The smallest absolute Gasteiger partial charge is 0.306 e. The number of ether oxygens (including phenoxy) is 2. The van der Waals surface area contributed by atoms with Gasteiger partial charge < -0.3 is 20.1 Å². The van der Waals surface area contributed by atoms with E-state index < -0.39 is 12.2 Å². The lowest BCUT2D eigenvalue weighted by Crippen LogP contribution is -2.41. The lowest BCUT2D eigenvalue weighted by atomic mass is 9.77. The summed E-state index contributed by atoms with van der Waals surface area (Å²) in [4.78, 5) is 24.1. The number of benzene rings is 1. The van der Waals surface area contributed by atoms with Gasteiger partial charge in [0.05, 0.1) is 18.9 Å². The van der Waals surface area contributed by atoms with Crippen molar-refractivity contribution in [1.82, 2.24) is 0 Å². The first-order valence-corrected chi connectivity index (χ1v) is 7.49. The summed E-state index contributed by atoms with van der Waals surface area (Å²) in [6, 6.07) is 9.57. The number of hydrogen-bond acceptors (Lipinski definition) is 5. The number of fused-ring (bicyclic) bond motifs is 2. The molecule has 0 bridgehead atoms. The average Bonchev–Trinajstić information content (AvgIpc) is 2.90. The predicted molar refractivity (Wildman–Crippen MR) is 79.1 cm³/mol. The van der Waals surface area contributed by atoms with Crippen molar-refractivity contribution in [2.75, 3.05) is 0 Å². The van der Waals surface area contributed by atoms with E-state index in [1.165, 1.54) is 0 Å². The molecule has 1 aromatic rings. The molecule has 6 nitrogen and oxygen atoms in total. The first-order chi connectivity index (χ1) is 10.6. The van der Waals surface area contributed by atoms with Crippen LogP contribution in [0.25, 0.3) is 0 Å². The zero-order chi connectivity index (χ0) is 15.3. The van der Waals surface area contributed by atoms with Crippen molar-refractivity contribution in [3.05, 3.63) is 47.2 Å². The molecule has 0 aromatic heterocycles. The molecule has 0 saturated carbocycles. The molecule has 0 spiro atoms. The second-order valence-electron chi connectivity index (χ2n) is 6.02. The normalized spacial score (nSPS) is 32.4. The number of aliphatic hydroxyl groups excluding tert-OH is 1. The molecule has 2 heterocycles. The van der Waals surface area contributed by atoms with Crippen molar-refractivity contribution >= 4 is 11.8 Å². The van der Waals surface area contributed by atoms with Crippen LogP contribution in [-0.4, -0.2) is 34.5 Å². The molecule has 4 rings (SSSR count). The molecule has 1 aromatic carbocycles. The fourth-order valence-corrected chi connectivity index (χ4v) is 3.63. The van der Waals surface area contributed by atoms with E-state index in [4.69, 9.17) is 9.47 Å². The highest BCUT2D eigenvalue weighted by atomic mass is 16.6. The van der Waals surface area contributed by atoms with E-state index in [0.717, 1.165) is 5.56 Å². The number of rotatable bonds is 1. The number of hydrogen-bond donors (Lipinski definition) is 1. The Bertz CT molecular complexity index is 665. The van der Waals surface area contributed by atoms with E-state index in [1.807, 2.05) is 30.3 Å². The minimum atomic E-state index is -0.808. The Morgan fingerprint density at radius 3 is 2.48 bits per heavy atom. The Morgan fingerprint density at radius 1 is 1.00 bits per heavy atom. The Kier molecular flexibility index (Phi) is 3.95. The van der Waals surface area contributed by atoms with Gasteiger partial charge in [-0.25, -0.2) is 0 Å². The molecule has 4 atom stereocenters. The van der Waals surface area contributed by atoms with Gasteiger partial charge in [0.2, 0.25) is 0 Å². The van der Waals surface area contributed by atoms with E-state index >= 15 is 0 Å². The highest BCUT2D eigenvalue weighted by Gasteiger charge is 2.50. The van der Waals surface area contributed by atoms with Gasteiger partial charge in [-0.2, -0.15) is 0 Å². The van der Waals surface area contributed by atoms with E-state index in [-0.39, 0.29) is 48.5 Å². The monoisotopic (exact) mass is 318 g/mol. The van der Waals surface area contributed by atoms with Crippen LogP contribution in [0.3, 0.4) is 0 Å². The molecule has 3 N–H and O–H groups in total. The topological polar surface area (TPSA) is 104 Å². The number of aliphatic hydroxyl groups is 1. The van der Waals surface area contributed by atoms with Crippen LogP contribution < -0.4 is 0 Å². The van der Waals surface area contributed by atoms with Crippen LogP contribution in [0.1, 0.15) is 30.9 Å². The highest BCUT2D eigenvalue weighted by molar-refractivity contribution is 5.98. The molecule has 6 heteroatoms. The van der Waals surface area contributed by atoms with Crippen LogP contribution in [0.5, 0.6) is 0 Å². The van der Waals surface area contributed by atoms with Gasteiger partial charge in [0, 0.05) is 17.9 Å². The maximum atomic E-state index is 12.6. The van der Waals surface area contributed by atoms with Crippen LogP contribution in [0.2, 0.25) is 0 Å². The molecule has 1 saturated heterocycles. The van der Waals surface area contributed by atoms with Crippen LogP contribution in [-0.2, 0) is 19.1 Å². The fraction of sp³-hybridized carbons (Fsp3) is 0.412. The second kappa shape index (κ2) is 5.79. The molecular weight excluding hydrogens is 300 g/mol. The number of ketones is 1. The zero-order valence-electron chi connectivity index (χ0n) is 12.4. The van der Waals surface area contributed by atoms with Crippen molar-refractivity contribution in [1.29, 1.82) is 0 Å². The summed E-state index contributed by atoms with van der Waals surface area (Å²) in [5.41, 5.74) is 1.49. The number of carbonyl (C=O) groups excluding carboxylic acids is 2. The number of esters is 1. The second-order valence-corrected chi connectivity index (χ2v) is 6.02. The molecule has 0 radical (unpaired) electrons. The predicted octanol–water partition coefficient (Wildman–Crippen LogP) is 0.843.